The Morgan fingerprint density at radius 2 is 2.04 bits per heavy atom. The highest BCUT2D eigenvalue weighted by molar-refractivity contribution is 7.13. The summed E-state index contributed by atoms with van der Waals surface area (Å²) >= 11 is 1.56. The van der Waals surface area contributed by atoms with E-state index in [1.165, 1.54) is 0 Å². The van der Waals surface area contributed by atoms with Gasteiger partial charge in [0, 0.05) is 6.07 Å². The molecular weight excluding hydrogens is 360 g/mol. The smallest absolute Gasteiger partial charge is 0.236 e. The van der Waals surface area contributed by atoms with Crippen molar-refractivity contribution in [2.45, 2.75) is 19.9 Å². The maximum absolute atomic E-state index is 12.5. The Morgan fingerprint density at radius 3 is 2.81 bits per heavy atom. The molecule has 1 N–H and O–H groups in total. The molecule has 0 fully saturated rings. The zero-order valence-corrected chi connectivity index (χ0v) is 15.6. The summed E-state index contributed by atoms with van der Waals surface area (Å²) in [6.07, 6.45) is 1.83. The molecule has 7 heteroatoms. The van der Waals surface area contributed by atoms with Gasteiger partial charge in [-0.05, 0) is 23.9 Å². The minimum atomic E-state index is -0.154. The molecule has 136 valence electrons. The van der Waals surface area contributed by atoms with Gasteiger partial charge in [0.15, 0.2) is 0 Å². The SMILES string of the molecule is Cc1oc(-c2cccs2)nc1CC(=O)Nc1ccnn1Cc1ccccc1. The standard InChI is InChI=1S/C20H18N4O2S/c1-14-16(22-20(26-14)17-8-5-11-27-17)12-19(25)23-18-9-10-21-24(18)13-15-6-3-2-4-7-15/h2-11H,12-13H2,1H3,(H,23,25). The first kappa shape index (κ1) is 17.2. The van der Waals surface area contributed by atoms with Crippen LogP contribution < -0.4 is 5.32 Å². The summed E-state index contributed by atoms with van der Waals surface area (Å²) < 4.78 is 7.46. The molecule has 1 amide bonds. The van der Waals surface area contributed by atoms with E-state index in [-0.39, 0.29) is 12.3 Å². The van der Waals surface area contributed by atoms with Crippen LogP contribution in [0.25, 0.3) is 10.8 Å². The lowest BCUT2D eigenvalue weighted by Gasteiger charge is -2.08. The monoisotopic (exact) mass is 378 g/mol. The van der Waals surface area contributed by atoms with Crippen LogP contribution in [0.15, 0.2) is 64.5 Å². The van der Waals surface area contributed by atoms with E-state index in [9.17, 15) is 4.79 Å². The van der Waals surface area contributed by atoms with Gasteiger partial charge in [-0.3, -0.25) is 4.79 Å². The third kappa shape index (κ3) is 3.98. The fourth-order valence-electron chi connectivity index (χ4n) is 2.76. The van der Waals surface area contributed by atoms with Crippen LogP contribution in [-0.2, 0) is 17.8 Å². The number of hydrogen-bond donors (Lipinski definition) is 1. The van der Waals surface area contributed by atoms with Crippen molar-refractivity contribution in [2.75, 3.05) is 5.32 Å². The number of rotatable bonds is 6. The number of benzene rings is 1. The van der Waals surface area contributed by atoms with Crippen LogP contribution in [0.5, 0.6) is 0 Å². The van der Waals surface area contributed by atoms with Gasteiger partial charge in [-0.15, -0.1) is 11.3 Å². The number of carbonyl (C=O) groups excluding carboxylic acids is 1. The van der Waals surface area contributed by atoms with Crippen LogP contribution in [-0.4, -0.2) is 20.7 Å². The number of nitrogens with zero attached hydrogens (tertiary/aromatic N) is 3. The quantitative estimate of drug-likeness (QED) is 0.547. The normalized spacial score (nSPS) is 10.9. The van der Waals surface area contributed by atoms with Crippen LogP contribution in [0, 0.1) is 6.92 Å². The van der Waals surface area contributed by atoms with Crippen LogP contribution >= 0.6 is 11.3 Å². The second-order valence-electron chi connectivity index (χ2n) is 6.08. The molecule has 0 radical (unpaired) electrons. The van der Waals surface area contributed by atoms with Crippen LogP contribution in [0.1, 0.15) is 17.0 Å². The third-order valence-corrected chi connectivity index (χ3v) is 4.97. The number of aromatic nitrogens is 3. The number of anilines is 1. The Bertz CT molecular complexity index is 1040. The maximum atomic E-state index is 12.5. The molecule has 0 aliphatic rings. The van der Waals surface area contributed by atoms with Crippen molar-refractivity contribution in [3.63, 3.8) is 0 Å². The Hall–Kier alpha value is -3.19. The van der Waals surface area contributed by atoms with E-state index in [0.717, 1.165) is 10.4 Å². The lowest BCUT2D eigenvalue weighted by atomic mass is 10.2. The van der Waals surface area contributed by atoms with Gasteiger partial charge in [-0.25, -0.2) is 9.67 Å². The zero-order valence-electron chi connectivity index (χ0n) is 14.8. The maximum Gasteiger partial charge on any atom is 0.236 e. The number of hydrogen-bond acceptors (Lipinski definition) is 5. The van der Waals surface area contributed by atoms with E-state index in [4.69, 9.17) is 4.42 Å². The zero-order chi connectivity index (χ0) is 18.6. The van der Waals surface area contributed by atoms with Crippen LogP contribution in [0.3, 0.4) is 0 Å². The van der Waals surface area contributed by atoms with Crippen molar-refractivity contribution in [1.29, 1.82) is 0 Å². The number of amides is 1. The molecule has 0 spiro atoms. The van der Waals surface area contributed by atoms with Crippen LogP contribution in [0.4, 0.5) is 5.82 Å². The molecule has 27 heavy (non-hydrogen) atoms. The van der Waals surface area contributed by atoms with Crippen molar-refractivity contribution in [2.24, 2.45) is 0 Å². The molecule has 0 aliphatic carbocycles. The van der Waals surface area contributed by atoms with Crippen molar-refractivity contribution in [3.8, 4) is 10.8 Å². The van der Waals surface area contributed by atoms with Gasteiger partial charge >= 0.3 is 0 Å². The topological polar surface area (TPSA) is 73.0 Å². The first-order chi connectivity index (χ1) is 13.2. The van der Waals surface area contributed by atoms with E-state index in [2.05, 4.69) is 15.4 Å². The summed E-state index contributed by atoms with van der Waals surface area (Å²) in [5.74, 6) is 1.72. The number of thiophene rings is 1. The first-order valence-electron chi connectivity index (χ1n) is 8.55. The van der Waals surface area contributed by atoms with Gasteiger partial charge < -0.3 is 9.73 Å². The third-order valence-electron chi connectivity index (χ3n) is 4.11. The Balaban J connectivity index is 1.44. The molecule has 3 aromatic heterocycles. The van der Waals surface area contributed by atoms with Gasteiger partial charge in [-0.2, -0.15) is 5.10 Å². The van der Waals surface area contributed by atoms with E-state index in [0.29, 0.717) is 29.7 Å². The Labute approximate surface area is 160 Å². The molecule has 0 bridgehead atoms. The molecule has 3 heterocycles. The van der Waals surface area contributed by atoms with Crippen LogP contribution in [0.2, 0.25) is 0 Å². The molecule has 0 saturated carbocycles. The van der Waals surface area contributed by atoms with Gasteiger partial charge in [-0.1, -0.05) is 36.4 Å². The summed E-state index contributed by atoms with van der Waals surface area (Å²) in [6, 6.07) is 15.7. The summed E-state index contributed by atoms with van der Waals surface area (Å²) in [7, 11) is 0. The fraction of sp³-hybridized carbons (Fsp3) is 0.150. The number of oxazole rings is 1. The number of aryl methyl sites for hydroxylation is 1. The van der Waals surface area contributed by atoms with Gasteiger partial charge in [0.1, 0.15) is 11.6 Å². The van der Waals surface area contributed by atoms with E-state index < -0.39 is 0 Å². The average molecular weight is 378 g/mol. The largest absolute Gasteiger partial charge is 0.440 e. The van der Waals surface area contributed by atoms with E-state index in [1.54, 1.807) is 28.3 Å². The molecule has 6 nitrogen and oxygen atoms in total. The number of carbonyl (C=O) groups is 1. The van der Waals surface area contributed by atoms with Gasteiger partial charge in [0.05, 0.1) is 29.7 Å². The van der Waals surface area contributed by atoms with Gasteiger partial charge in [0.2, 0.25) is 11.8 Å². The van der Waals surface area contributed by atoms with E-state index in [1.807, 2.05) is 54.8 Å². The van der Waals surface area contributed by atoms with Crippen molar-refractivity contribution < 1.29 is 9.21 Å². The minimum absolute atomic E-state index is 0.150. The lowest BCUT2D eigenvalue weighted by molar-refractivity contribution is -0.115. The molecule has 0 unspecified atom stereocenters. The lowest BCUT2D eigenvalue weighted by Crippen LogP contribution is -2.18. The molecule has 0 saturated heterocycles. The molecule has 4 rings (SSSR count). The molecule has 4 aromatic rings. The highest BCUT2D eigenvalue weighted by Crippen LogP contribution is 2.26. The molecular formula is C20H18N4O2S. The molecule has 0 atom stereocenters. The highest BCUT2D eigenvalue weighted by Gasteiger charge is 2.16. The predicted molar refractivity (Wildman–Crippen MR) is 105 cm³/mol. The van der Waals surface area contributed by atoms with E-state index >= 15 is 0 Å². The Kier molecular flexibility index (Phi) is 4.84. The average Bonchev–Trinajstić information content (AvgIpc) is 3.39. The van der Waals surface area contributed by atoms with Crippen molar-refractivity contribution in [3.05, 3.63) is 77.1 Å². The molecule has 0 aliphatic heterocycles. The summed E-state index contributed by atoms with van der Waals surface area (Å²) in [5.41, 5.74) is 1.76. The second-order valence-corrected chi connectivity index (χ2v) is 7.03. The molecule has 1 aromatic carbocycles. The first-order valence-corrected chi connectivity index (χ1v) is 9.43. The Morgan fingerprint density at radius 1 is 1.19 bits per heavy atom. The summed E-state index contributed by atoms with van der Waals surface area (Å²) in [4.78, 5) is 17.9. The van der Waals surface area contributed by atoms with Gasteiger partial charge in [0.25, 0.3) is 0 Å². The summed E-state index contributed by atoms with van der Waals surface area (Å²) in [5, 5.41) is 9.18. The second kappa shape index (κ2) is 7.59. The predicted octanol–water partition coefficient (Wildman–Crippen LogP) is 4.14. The fourth-order valence-corrected chi connectivity index (χ4v) is 3.41. The summed E-state index contributed by atoms with van der Waals surface area (Å²) in [6.45, 7) is 2.42. The highest BCUT2D eigenvalue weighted by atomic mass is 32.1. The minimum Gasteiger partial charge on any atom is -0.440 e. The number of nitrogens with one attached hydrogen (secondary N) is 1. The van der Waals surface area contributed by atoms with Crippen molar-refractivity contribution in [1.82, 2.24) is 14.8 Å². The van der Waals surface area contributed by atoms with Crippen molar-refractivity contribution >= 4 is 23.1 Å².